The monoisotopic (exact) mass is 172 g/mol. The molecule has 0 spiro atoms. The smallest absolute Gasteiger partial charge is 0.322 e. The van der Waals surface area contributed by atoms with Gasteiger partial charge in [-0.3, -0.25) is 9.59 Å². The molecule has 0 amide bonds. The number of ketones is 1. The molecular formula is C8H14NO3+. The third-order valence-electron chi connectivity index (χ3n) is 2.24. The maximum Gasteiger partial charge on any atom is 0.322 e. The molecule has 2 atom stereocenters. The van der Waals surface area contributed by atoms with Gasteiger partial charge in [0.1, 0.15) is 0 Å². The Labute approximate surface area is 71.3 Å². The lowest BCUT2D eigenvalue weighted by Gasteiger charge is -2.21. The quantitative estimate of drug-likeness (QED) is 0.389. The van der Waals surface area contributed by atoms with Gasteiger partial charge in [0.2, 0.25) is 0 Å². The van der Waals surface area contributed by atoms with Gasteiger partial charge in [-0.1, -0.05) is 6.92 Å². The van der Waals surface area contributed by atoms with Gasteiger partial charge in [0.05, 0.1) is 26.1 Å². The van der Waals surface area contributed by atoms with E-state index in [2.05, 4.69) is 4.74 Å². The highest BCUT2D eigenvalue weighted by molar-refractivity contribution is 6.00. The second-order valence-corrected chi connectivity index (χ2v) is 3.14. The third-order valence-corrected chi connectivity index (χ3v) is 2.24. The lowest BCUT2D eigenvalue weighted by atomic mass is 9.90. The van der Waals surface area contributed by atoms with E-state index in [1.165, 1.54) is 7.11 Å². The summed E-state index contributed by atoms with van der Waals surface area (Å²) < 4.78 is 4.53. The molecule has 0 aliphatic carbocycles. The van der Waals surface area contributed by atoms with E-state index in [1.807, 2.05) is 12.2 Å². The average molecular weight is 172 g/mol. The molecule has 4 nitrogen and oxygen atoms in total. The van der Waals surface area contributed by atoms with Crippen LogP contribution in [-0.2, 0) is 14.3 Å². The summed E-state index contributed by atoms with van der Waals surface area (Å²) in [5, 5.41) is 1.98. The number of Topliss-reactive ketones (excluding diaryl/α,β-unsaturated/α-hetero) is 1. The van der Waals surface area contributed by atoms with Crippen LogP contribution in [-0.4, -0.2) is 32.0 Å². The van der Waals surface area contributed by atoms with Crippen LogP contribution in [0.5, 0.6) is 0 Å². The normalized spacial score (nSPS) is 30.0. The molecule has 1 aliphatic rings. The number of hydrogen-bond acceptors (Lipinski definition) is 3. The lowest BCUT2D eigenvalue weighted by molar-refractivity contribution is -0.665. The predicted octanol–water partition coefficient (Wildman–Crippen LogP) is -1.44. The average Bonchev–Trinajstić information content (AvgIpc) is 2.08. The van der Waals surface area contributed by atoms with Crippen LogP contribution in [0.4, 0.5) is 0 Å². The van der Waals surface area contributed by atoms with E-state index in [1.54, 1.807) is 0 Å². The van der Waals surface area contributed by atoms with Crippen LogP contribution in [0.3, 0.4) is 0 Å². The van der Waals surface area contributed by atoms with Crippen molar-refractivity contribution >= 4 is 11.8 Å². The molecule has 68 valence electrons. The Hall–Kier alpha value is -0.900. The van der Waals surface area contributed by atoms with Crippen LogP contribution in [0.1, 0.15) is 6.92 Å². The van der Waals surface area contributed by atoms with Crippen molar-refractivity contribution in [2.75, 3.05) is 20.2 Å². The Bertz CT molecular complexity index is 202. The van der Waals surface area contributed by atoms with E-state index in [-0.39, 0.29) is 11.7 Å². The van der Waals surface area contributed by atoms with Crippen molar-refractivity contribution in [3.63, 3.8) is 0 Å². The Morgan fingerprint density at radius 2 is 2.25 bits per heavy atom. The Kier molecular flexibility index (Phi) is 2.81. The summed E-state index contributed by atoms with van der Waals surface area (Å²) in [5.41, 5.74) is 0. The second kappa shape index (κ2) is 3.67. The maximum absolute atomic E-state index is 11.4. The van der Waals surface area contributed by atoms with E-state index in [4.69, 9.17) is 0 Å². The highest BCUT2D eigenvalue weighted by Gasteiger charge is 2.36. The fourth-order valence-electron chi connectivity index (χ4n) is 1.44. The molecule has 1 heterocycles. The molecular weight excluding hydrogens is 158 g/mol. The van der Waals surface area contributed by atoms with E-state index in [9.17, 15) is 9.59 Å². The summed E-state index contributed by atoms with van der Waals surface area (Å²) in [4.78, 5) is 22.5. The molecule has 4 heteroatoms. The number of piperidine rings is 1. The second-order valence-electron chi connectivity index (χ2n) is 3.14. The molecule has 0 saturated carbocycles. The minimum Gasteiger partial charge on any atom is -0.468 e. The summed E-state index contributed by atoms with van der Waals surface area (Å²) in [6.45, 7) is 3.16. The van der Waals surface area contributed by atoms with E-state index < -0.39 is 11.9 Å². The first-order valence-electron chi connectivity index (χ1n) is 4.10. The Morgan fingerprint density at radius 3 is 2.83 bits per heavy atom. The van der Waals surface area contributed by atoms with Gasteiger partial charge in [0.25, 0.3) is 0 Å². The van der Waals surface area contributed by atoms with Gasteiger partial charge in [0.15, 0.2) is 11.7 Å². The van der Waals surface area contributed by atoms with Gasteiger partial charge < -0.3 is 10.1 Å². The molecule has 1 saturated heterocycles. The van der Waals surface area contributed by atoms with Gasteiger partial charge in [0, 0.05) is 0 Å². The van der Waals surface area contributed by atoms with Crippen molar-refractivity contribution in [3.05, 3.63) is 0 Å². The number of methoxy groups -OCH3 is 1. The summed E-state index contributed by atoms with van der Waals surface area (Å²) in [5.74, 6) is -0.950. The van der Waals surface area contributed by atoms with Crippen LogP contribution in [0.25, 0.3) is 0 Å². The third kappa shape index (κ3) is 1.64. The number of nitrogens with two attached hydrogens (primary N) is 1. The Balaban J connectivity index is 2.64. The number of quaternary nitrogens is 1. The molecule has 2 N–H and O–H groups in total. The first-order chi connectivity index (χ1) is 5.66. The topological polar surface area (TPSA) is 60.0 Å². The number of hydrogen-bond donors (Lipinski definition) is 1. The number of ether oxygens (including phenoxy) is 1. The van der Waals surface area contributed by atoms with Crippen molar-refractivity contribution in [1.82, 2.24) is 0 Å². The number of carbonyl (C=O) groups excluding carboxylic acids is 2. The zero-order valence-electron chi connectivity index (χ0n) is 7.37. The van der Waals surface area contributed by atoms with E-state index >= 15 is 0 Å². The highest BCUT2D eigenvalue weighted by Crippen LogP contribution is 2.09. The first-order valence-corrected chi connectivity index (χ1v) is 4.10. The van der Waals surface area contributed by atoms with Crippen molar-refractivity contribution in [2.24, 2.45) is 11.8 Å². The van der Waals surface area contributed by atoms with Crippen LogP contribution < -0.4 is 5.32 Å². The first kappa shape index (κ1) is 9.19. The highest BCUT2D eigenvalue weighted by atomic mass is 16.5. The van der Waals surface area contributed by atoms with Crippen molar-refractivity contribution < 1.29 is 19.6 Å². The fraction of sp³-hybridized carbons (Fsp3) is 0.750. The molecule has 12 heavy (non-hydrogen) atoms. The van der Waals surface area contributed by atoms with Crippen LogP contribution in [0, 0.1) is 11.8 Å². The van der Waals surface area contributed by atoms with Crippen LogP contribution in [0.2, 0.25) is 0 Å². The van der Waals surface area contributed by atoms with Crippen molar-refractivity contribution in [2.45, 2.75) is 6.92 Å². The molecule has 0 aromatic rings. The number of carbonyl (C=O) groups is 2. The summed E-state index contributed by atoms with van der Waals surface area (Å²) in [6.07, 6.45) is 0. The molecule has 0 bridgehead atoms. The van der Waals surface area contributed by atoms with Gasteiger partial charge in [-0.15, -0.1) is 0 Å². The maximum atomic E-state index is 11.4. The van der Waals surface area contributed by atoms with Crippen LogP contribution in [0.15, 0.2) is 0 Å². The minimum absolute atomic E-state index is 0.0179. The van der Waals surface area contributed by atoms with Crippen molar-refractivity contribution in [1.29, 1.82) is 0 Å². The van der Waals surface area contributed by atoms with Crippen LogP contribution >= 0.6 is 0 Å². The molecule has 0 unspecified atom stereocenters. The molecule has 0 aromatic heterocycles. The van der Waals surface area contributed by atoms with Gasteiger partial charge in [-0.2, -0.15) is 0 Å². The standard InChI is InChI=1S/C8H13NO3/c1-5-3-9-4-6(7(5)10)8(11)12-2/h5-6,9H,3-4H2,1-2H3/p+1/t5-,6-/m0/s1. The zero-order valence-corrected chi connectivity index (χ0v) is 7.37. The number of esters is 1. The fourth-order valence-corrected chi connectivity index (χ4v) is 1.44. The lowest BCUT2D eigenvalue weighted by Crippen LogP contribution is -2.90. The molecule has 0 aromatic carbocycles. The molecule has 1 aliphatic heterocycles. The molecule has 1 rings (SSSR count). The number of rotatable bonds is 1. The largest absolute Gasteiger partial charge is 0.468 e. The SMILES string of the molecule is COC(=O)[C@H]1C[NH2+]C[C@H](C)C1=O. The van der Waals surface area contributed by atoms with Gasteiger partial charge in [-0.25, -0.2) is 0 Å². The predicted molar refractivity (Wildman–Crippen MR) is 41.3 cm³/mol. The minimum atomic E-state index is -0.543. The Morgan fingerprint density at radius 1 is 1.58 bits per heavy atom. The van der Waals surface area contributed by atoms with E-state index in [0.717, 1.165) is 6.54 Å². The van der Waals surface area contributed by atoms with E-state index in [0.29, 0.717) is 6.54 Å². The zero-order chi connectivity index (χ0) is 9.14. The van der Waals surface area contributed by atoms with Crippen molar-refractivity contribution in [3.8, 4) is 0 Å². The van der Waals surface area contributed by atoms with Gasteiger partial charge in [-0.05, 0) is 0 Å². The van der Waals surface area contributed by atoms with Gasteiger partial charge >= 0.3 is 5.97 Å². The summed E-state index contributed by atoms with van der Waals surface area (Å²) >= 11 is 0. The molecule has 1 fully saturated rings. The summed E-state index contributed by atoms with van der Waals surface area (Å²) in [6, 6.07) is 0. The molecule has 0 radical (unpaired) electrons. The summed E-state index contributed by atoms with van der Waals surface area (Å²) in [7, 11) is 1.31.